The van der Waals surface area contributed by atoms with Gasteiger partial charge >= 0.3 is 0 Å². The zero-order chi connectivity index (χ0) is 14.4. The lowest BCUT2D eigenvalue weighted by Crippen LogP contribution is -2.37. The maximum Gasteiger partial charge on any atom is 0.0299 e. The highest BCUT2D eigenvalue weighted by Gasteiger charge is 2.10. The van der Waals surface area contributed by atoms with Crippen LogP contribution in [0.1, 0.15) is 28.7 Å². The molecule has 0 aliphatic heterocycles. The molecule has 2 rings (SSSR count). The summed E-state index contributed by atoms with van der Waals surface area (Å²) < 4.78 is 0. The lowest BCUT2D eigenvalue weighted by molar-refractivity contribution is 0.490. The fraction of sp³-hybridized carbons (Fsp3) is 0.353. The van der Waals surface area contributed by atoms with Crippen LogP contribution in [0.15, 0.2) is 42.7 Å². The van der Waals surface area contributed by atoms with Crippen LogP contribution >= 0.6 is 0 Å². The van der Waals surface area contributed by atoms with E-state index in [0.29, 0.717) is 0 Å². The predicted molar refractivity (Wildman–Crippen MR) is 83.3 cm³/mol. The highest BCUT2D eigenvalue weighted by molar-refractivity contribution is 5.31. The van der Waals surface area contributed by atoms with E-state index < -0.39 is 0 Å². The van der Waals surface area contributed by atoms with Crippen molar-refractivity contribution in [3.63, 3.8) is 0 Å². The van der Waals surface area contributed by atoms with Gasteiger partial charge in [-0.3, -0.25) is 16.3 Å². The molecule has 0 fully saturated rings. The Balaban J connectivity index is 1.97. The van der Waals surface area contributed by atoms with Crippen LogP contribution in [0.25, 0.3) is 0 Å². The third-order valence-electron chi connectivity index (χ3n) is 3.71. The van der Waals surface area contributed by atoms with Gasteiger partial charge in [0, 0.05) is 18.4 Å². The lowest BCUT2D eigenvalue weighted by atomic mass is 9.96. The van der Waals surface area contributed by atoms with Gasteiger partial charge in [0.15, 0.2) is 0 Å². The van der Waals surface area contributed by atoms with Crippen molar-refractivity contribution in [2.75, 3.05) is 0 Å². The second-order valence-corrected chi connectivity index (χ2v) is 5.40. The Morgan fingerprint density at radius 3 is 2.80 bits per heavy atom. The van der Waals surface area contributed by atoms with Crippen molar-refractivity contribution in [1.29, 1.82) is 0 Å². The Hall–Kier alpha value is -1.71. The normalized spacial score (nSPS) is 12.3. The zero-order valence-electron chi connectivity index (χ0n) is 12.3. The fourth-order valence-electron chi connectivity index (χ4n) is 2.42. The maximum absolute atomic E-state index is 5.71. The number of nitrogens with one attached hydrogen (secondary N) is 1. The van der Waals surface area contributed by atoms with E-state index in [1.807, 2.05) is 12.3 Å². The first-order valence-corrected chi connectivity index (χ1v) is 7.10. The number of aryl methyl sites for hydroxylation is 3. The molecule has 0 radical (unpaired) electrons. The zero-order valence-corrected chi connectivity index (χ0v) is 12.3. The average molecular weight is 269 g/mol. The van der Waals surface area contributed by atoms with Gasteiger partial charge in [0.1, 0.15) is 0 Å². The minimum atomic E-state index is 0.288. The summed E-state index contributed by atoms with van der Waals surface area (Å²) in [4.78, 5) is 4.15. The third-order valence-corrected chi connectivity index (χ3v) is 3.71. The van der Waals surface area contributed by atoms with Crippen LogP contribution in [0.4, 0.5) is 0 Å². The molecule has 0 saturated carbocycles. The SMILES string of the molecule is Cc1ccc(C)c(CC(CCc2cccnc2)NN)c1. The van der Waals surface area contributed by atoms with Gasteiger partial charge in [-0.05, 0) is 55.9 Å². The number of nitrogens with two attached hydrogens (primary N) is 1. The summed E-state index contributed by atoms with van der Waals surface area (Å²) in [5, 5.41) is 0. The highest BCUT2D eigenvalue weighted by atomic mass is 15.2. The van der Waals surface area contributed by atoms with Crippen molar-refractivity contribution in [3.8, 4) is 0 Å². The minimum Gasteiger partial charge on any atom is -0.271 e. The fourth-order valence-corrected chi connectivity index (χ4v) is 2.42. The predicted octanol–water partition coefficient (Wildman–Crippen LogP) is 2.71. The summed E-state index contributed by atoms with van der Waals surface area (Å²) in [5.74, 6) is 5.71. The van der Waals surface area contributed by atoms with Crippen LogP contribution in [-0.2, 0) is 12.8 Å². The van der Waals surface area contributed by atoms with E-state index in [2.05, 4.69) is 48.5 Å². The van der Waals surface area contributed by atoms with Crippen molar-refractivity contribution in [2.24, 2.45) is 5.84 Å². The van der Waals surface area contributed by atoms with E-state index in [1.54, 1.807) is 6.20 Å². The van der Waals surface area contributed by atoms with E-state index in [1.165, 1.54) is 22.3 Å². The number of pyridine rings is 1. The second-order valence-electron chi connectivity index (χ2n) is 5.40. The van der Waals surface area contributed by atoms with Crippen LogP contribution in [-0.4, -0.2) is 11.0 Å². The number of hydrazine groups is 1. The molecule has 0 bridgehead atoms. The Morgan fingerprint density at radius 1 is 1.25 bits per heavy atom. The molecule has 1 heterocycles. The number of nitrogens with zero attached hydrogens (tertiary/aromatic N) is 1. The molecule has 1 aromatic carbocycles. The van der Waals surface area contributed by atoms with Crippen LogP contribution in [0.2, 0.25) is 0 Å². The largest absolute Gasteiger partial charge is 0.271 e. The molecular formula is C17H23N3. The quantitative estimate of drug-likeness (QED) is 0.626. The average Bonchev–Trinajstić information content (AvgIpc) is 2.48. The van der Waals surface area contributed by atoms with Gasteiger partial charge in [0.25, 0.3) is 0 Å². The van der Waals surface area contributed by atoms with Gasteiger partial charge in [0.05, 0.1) is 0 Å². The van der Waals surface area contributed by atoms with E-state index >= 15 is 0 Å². The number of hydrogen-bond donors (Lipinski definition) is 2. The first-order chi connectivity index (χ1) is 9.69. The standard InChI is InChI=1S/C17H23N3/c1-13-5-6-14(2)16(10-13)11-17(20-18)8-7-15-4-3-9-19-12-15/h3-6,9-10,12,17,20H,7-8,11,18H2,1-2H3. The maximum atomic E-state index is 5.71. The molecule has 3 nitrogen and oxygen atoms in total. The molecular weight excluding hydrogens is 246 g/mol. The first kappa shape index (κ1) is 14.7. The number of hydrogen-bond acceptors (Lipinski definition) is 3. The number of aromatic nitrogens is 1. The summed E-state index contributed by atoms with van der Waals surface area (Å²) in [5.41, 5.74) is 8.21. The molecule has 0 saturated heterocycles. The van der Waals surface area contributed by atoms with Crippen LogP contribution in [0.3, 0.4) is 0 Å². The molecule has 106 valence electrons. The van der Waals surface area contributed by atoms with Gasteiger partial charge in [-0.2, -0.15) is 0 Å². The summed E-state index contributed by atoms with van der Waals surface area (Å²) >= 11 is 0. The molecule has 3 N–H and O–H groups in total. The lowest BCUT2D eigenvalue weighted by Gasteiger charge is -2.17. The summed E-state index contributed by atoms with van der Waals surface area (Å²) in [6, 6.07) is 11.0. The molecule has 1 unspecified atom stereocenters. The van der Waals surface area contributed by atoms with E-state index in [4.69, 9.17) is 5.84 Å². The van der Waals surface area contributed by atoms with Crippen molar-refractivity contribution in [1.82, 2.24) is 10.4 Å². The van der Waals surface area contributed by atoms with Crippen molar-refractivity contribution >= 4 is 0 Å². The molecule has 0 aliphatic rings. The molecule has 2 aromatic rings. The number of rotatable bonds is 6. The second kappa shape index (κ2) is 7.17. The Bertz CT molecular complexity index is 537. The Morgan fingerprint density at radius 2 is 2.10 bits per heavy atom. The summed E-state index contributed by atoms with van der Waals surface area (Å²) in [6.07, 6.45) is 6.69. The van der Waals surface area contributed by atoms with Crippen molar-refractivity contribution < 1.29 is 0 Å². The summed E-state index contributed by atoms with van der Waals surface area (Å²) in [7, 11) is 0. The van der Waals surface area contributed by atoms with E-state index in [-0.39, 0.29) is 6.04 Å². The van der Waals surface area contributed by atoms with Crippen molar-refractivity contribution in [2.45, 2.75) is 39.2 Å². The van der Waals surface area contributed by atoms with Crippen molar-refractivity contribution in [3.05, 3.63) is 65.0 Å². The van der Waals surface area contributed by atoms with E-state index in [9.17, 15) is 0 Å². The first-order valence-electron chi connectivity index (χ1n) is 7.10. The summed E-state index contributed by atoms with van der Waals surface area (Å²) in [6.45, 7) is 4.28. The van der Waals surface area contributed by atoms with Gasteiger partial charge in [-0.25, -0.2) is 0 Å². The van der Waals surface area contributed by atoms with Crippen LogP contribution in [0.5, 0.6) is 0 Å². The van der Waals surface area contributed by atoms with Gasteiger partial charge in [-0.1, -0.05) is 29.8 Å². The van der Waals surface area contributed by atoms with Gasteiger partial charge in [0.2, 0.25) is 0 Å². The van der Waals surface area contributed by atoms with Crippen LogP contribution in [0, 0.1) is 13.8 Å². The Kier molecular flexibility index (Phi) is 5.27. The van der Waals surface area contributed by atoms with Gasteiger partial charge in [-0.15, -0.1) is 0 Å². The highest BCUT2D eigenvalue weighted by Crippen LogP contribution is 2.15. The molecule has 1 atom stereocenters. The smallest absolute Gasteiger partial charge is 0.0299 e. The Labute approximate surface area is 121 Å². The van der Waals surface area contributed by atoms with Crippen LogP contribution < -0.4 is 11.3 Å². The molecule has 3 heteroatoms. The molecule has 20 heavy (non-hydrogen) atoms. The van der Waals surface area contributed by atoms with Gasteiger partial charge < -0.3 is 0 Å². The molecule has 0 spiro atoms. The molecule has 1 aromatic heterocycles. The topological polar surface area (TPSA) is 50.9 Å². The molecule has 0 amide bonds. The number of benzene rings is 1. The monoisotopic (exact) mass is 269 g/mol. The third kappa shape index (κ3) is 4.15. The molecule has 0 aliphatic carbocycles. The van der Waals surface area contributed by atoms with E-state index in [0.717, 1.165) is 19.3 Å². The minimum absolute atomic E-state index is 0.288.